The summed E-state index contributed by atoms with van der Waals surface area (Å²) in [5.74, 6) is -3.47. The van der Waals surface area contributed by atoms with Crippen molar-refractivity contribution in [3.05, 3.63) is 124 Å². The van der Waals surface area contributed by atoms with E-state index in [0.29, 0.717) is 36.1 Å². The van der Waals surface area contributed by atoms with Gasteiger partial charge < -0.3 is 4.74 Å². The number of halogens is 11. The van der Waals surface area contributed by atoms with Crippen LogP contribution in [0, 0.1) is 64.5 Å². The Kier molecular flexibility index (Phi) is 9.50. The van der Waals surface area contributed by atoms with E-state index in [4.69, 9.17) is 0 Å². The summed E-state index contributed by atoms with van der Waals surface area (Å²) in [6.45, 7) is 3.80. The van der Waals surface area contributed by atoms with Crippen LogP contribution < -0.4 is 4.74 Å². The largest absolute Gasteiger partial charge is 0.458 e. The van der Waals surface area contributed by atoms with Crippen molar-refractivity contribution in [1.82, 2.24) is 0 Å². The third kappa shape index (κ3) is 7.44. The standard InChI is InChI=1S/C36H21F11O/c1-2-19-3-6-21(7-4-19)23-10-9-22(27(37)16-23)8-5-20-13-30(40)33(31(41)14-20)36(46,47)48-25-15-24-17-28(38)26(11-12-35(43,44)45)34(42)32(24)29(39)18-25/h2,9-10,13-19,21H,1,3-4,6-7H2. The molecule has 0 N–H and O–H groups in total. The highest BCUT2D eigenvalue weighted by molar-refractivity contribution is 5.87. The Morgan fingerprint density at radius 2 is 1.38 bits per heavy atom. The number of benzene rings is 4. The molecule has 4 aromatic carbocycles. The molecule has 12 heteroatoms. The predicted molar refractivity (Wildman–Crippen MR) is 155 cm³/mol. The molecular weight excluding hydrogens is 657 g/mol. The molecule has 0 atom stereocenters. The van der Waals surface area contributed by atoms with Crippen molar-refractivity contribution in [3.8, 4) is 29.4 Å². The van der Waals surface area contributed by atoms with Crippen molar-refractivity contribution in [2.45, 2.75) is 43.9 Å². The summed E-state index contributed by atoms with van der Waals surface area (Å²) in [5.41, 5.74) is -3.08. The number of hydrogen-bond donors (Lipinski definition) is 0. The fourth-order valence-electron chi connectivity index (χ4n) is 5.53. The Balaban J connectivity index is 1.38. The summed E-state index contributed by atoms with van der Waals surface area (Å²) in [7, 11) is 0. The van der Waals surface area contributed by atoms with E-state index in [1.165, 1.54) is 18.1 Å². The summed E-state index contributed by atoms with van der Waals surface area (Å²) >= 11 is 0. The molecule has 48 heavy (non-hydrogen) atoms. The first-order valence-corrected chi connectivity index (χ1v) is 14.3. The number of hydrogen-bond acceptors (Lipinski definition) is 1. The molecule has 0 spiro atoms. The quantitative estimate of drug-likeness (QED) is 0.116. The molecule has 0 amide bonds. The second-order valence-electron chi connectivity index (χ2n) is 11.1. The van der Waals surface area contributed by atoms with Gasteiger partial charge in [0.25, 0.3) is 0 Å². The summed E-state index contributed by atoms with van der Waals surface area (Å²) in [4.78, 5) is 0. The molecule has 0 unspecified atom stereocenters. The van der Waals surface area contributed by atoms with Gasteiger partial charge in [0.2, 0.25) is 0 Å². The van der Waals surface area contributed by atoms with Gasteiger partial charge in [-0.3, -0.25) is 0 Å². The van der Waals surface area contributed by atoms with Crippen LogP contribution in [-0.2, 0) is 6.11 Å². The Morgan fingerprint density at radius 3 is 1.98 bits per heavy atom. The lowest BCUT2D eigenvalue weighted by atomic mass is 9.78. The molecule has 0 bridgehead atoms. The van der Waals surface area contributed by atoms with Gasteiger partial charge in [-0.15, -0.1) is 6.58 Å². The minimum absolute atomic E-state index is 0.0946. The first kappa shape index (κ1) is 34.4. The molecule has 5 rings (SSSR count). The maximum Gasteiger partial charge on any atom is 0.458 e. The molecule has 1 saturated carbocycles. The molecular formula is C36H21F11O. The molecule has 1 nitrogen and oxygen atoms in total. The van der Waals surface area contributed by atoms with E-state index in [2.05, 4.69) is 23.2 Å². The number of ether oxygens (including phenoxy) is 1. The average molecular weight is 679 g/mol. The molecule has 1 aliphatic carbocycles. The van der Waals surface area contributed by atoms with Gasteiger partial charge in [0.05, 0.1) is 16.5 Å². The number of alkyl halides is 5. The molecule has 0 heterocycles. The van der Waals surface area contributed by atoms with Crippen LogP contribution in [0.5, 0.6) is 5.75 Å². The average Bonchev–Trinajstić information content (AvgIpc) is 2.98. The van der Waals surface area contributed by atoms with Crippen molar-refractivity contribution < 1.29 is 53.0 Å². The molecule has 0 saturated heterocycles. The lowest BCUT2D eigenvalue weighted by Crippen LogP contribution is -2.25. The Bertz CT molecular complexity index is 2010. The van der Waals surface area contributed by atoms with Crippen LogP contribution in [0.3, 0.4) is 0 Å². The van der Waals surface area contributed by atoms with E-state index in [9.17, 15) is 39.5 Å². The van der Waals surface area contributed by atoms with Gasteiger partial charge in [-0.25, -0.2) is 26.3 Å². The summed E-state index contributed by atoms with van der Waals surface area (Å²) in [5, 5.41) is -1.86. The first-order valence-electron chi connectivity index (χ1n) is 14.3. The van der Waals surface area contributed by atoms with Crippen LogP contribution in [0.1, 0.15) is 59.4 Å². The van der Waals surface area contributed by atoms with Crippen molar-refractivity contribution in [2.75, 3.05) is 0 Å². The predicted octanol–water partition coefficient (Wildman–Crippen LogP) is 10.6. The molecule has 1 aliphatic rings. The van der Waals surface area contributed by atoms with E-state index in [1.54, 1.807) is 6.07 Å². The molecule has 0 radical (unpaired) electrons. The molecule has 248 valence electrons. The highest BCUT2D eigenvalue weighted by Crippen LogP contribution is 2.39. The van der Waals surface area contributed by atoms with Crippen molar-refractivity contribution in [2.24, 2.45) is 5.92 Å². The number of fused-ring (bicyclic) bond motifs is 1. The van der Waals surface area contributed by atoms with Crippen molar-refractivity contribution >= 4 is 10.8 Å². The zero-order chi connectivity index (χ0) is 35.0. The zero-order valence-corrected chi connectivity index (χ0v) is 24.5. The van der Waals surface area contributed by atoms with Gasteiger partial charge in [-0.1, -0.05) is 29.9 Å². The Hall–Kier alpha value is -4.97. The molecule has 4 aromatic rings. The SMILES string of the molecule is C=CC1CCC(c2ccc(C#Cc3cc(F)c(C(F)(F)Oc4cc(F)c5c(F)c(C#CC(F)(F)F)c(F)cc5c4)c(F)c3)c(F)c2)CC1. The molecule has 0 aliphatic heterocycles. The highest BCUT2D eigenvalue weighted by atomic mass is 19.4. The van der Waals surface area contributed by atoms with Crippen LogP contribution in [0.2, 0.25) is 0 Å². The fourth-order valence-corrected chi connectivity index (χ4v) is 5.53. The minimum atomic E-state index is -5.13. The lowest BCUT2D eigenvalue weighted by molar-refractivity contribution is -0.189. The maximum atomic E-state index is 15.0. The van der Waals surface area contributed by atoms with Gasteiger partial charge in [0.15, 0.2) is 5.82 Å². The maximum absolute atomic E-state index is 15.0. The second-order valence-corrected chi connectivity index (χ2v) is 11.1. The number of allylic oxidation sites excluding steroid dienone is 1. The molecule has 0 aromatic heterocycles. The van der Waals surface area contributed by atoms with E-state index in [0.717, 1.165) is 31.2 Å². The van der Waals surface area contributed by atoms with Gasteiger partial charge in [-0.2, -0.15) is 22.0 Å². The molecule has 1 fully saturated rings. The van der Waals surface area contributed by atoms with Crippen LogP contribution in [-0.4, -0.2) is 6.18 Å². The normalized spacial score (nSPS) is 16.5. The monoisotopic (exact) mass is 678 g/mol. The highest BCUT2D eigenvalue weighted by Gasteiger charge is 2.41. The second kappa shape index (κ2) is 13.3. The van der Waals surface area contributed by atoms with Crippen molar-refractivity contribution in [3.63, 3.8) is 0 Å². The van der Waals surface area contributed by atoms with Gasteiger partial charge in [-0.05, 0) is 84.9 Å². The van der Waals surface area contributed by atoms with E-state index in [-0.39, 0.29) is 17.5 Å². The zero-order valence-electron chi connectivity index (χ0n) is 24.5. The van der Waals surface area contributed by atoms with Crippen LogP contribution >= 0.6 is 0 Å². The summed E-state index contributed by atoms with van der Waals surface area (Å²) in [6, 6.07) is 6.33. The van der Waals surface area contributed by atoms with Crippen LogP contribution in [0.15, 0.2) is 61.2 Å². The van der Waals surface area contributed by atoms with Gasteiger partial charge in [0, 0.05) is 17.6 Å². The minimum Gasteiger partial charge on any atom is -0.429 e. The Morgan fingerprint density at radius 1 is 0.708 bits per heavy atom. The fraction of sp³-hybridized carbons (Fsp3) is 0.222. The third-order valence-electron chi connectivity index (χ3n) is 7.87. The Labute approximate surface area is 267 Å². The first-order chi connectivity index (χ1) is 22.6. The van der Waals surface area contributed by atoms with Gasteiger partial charge in [0.1, 0.15) is 40.4 Å². The lowest BCUT2D eigenvalue weighted by Gasteiger charge is -2.27. The number of rotatable bonds is 5. The van der Waals surface area contributed by atoms with Gasteiger partial charge >= 0.3 is 12.3 Å². The van der Waals surface area contributed by atoms with Crippen LogP contribution in [0.25, 0.3) is 10.8 Å². The van der Waals surface area contributed by atoms with E-state index in [1.807, 2.05) is 6.08 Å². The summed E-state index contributed by atoms with van der Waals surface area (Å²) < 4.78 is 160. The summed E-state index contributed by atoms with van der Waals surface area (Å²) in [6.07, 6.45) is -4.45. The van der Waals surface area contributed by atoms with Crippen LogP contribution in [0.4, 0.5) is 48.3 Å². The van der Waals surface area contributed by atoms with E-state index >= 15 is 8.78 Å². The third-order valence-corrected chi connectivity index (χ3v) is 7.87. The van der Waals surface area contributed by atoms with E-state index < -0.39 is 80.4 Å². The topological polar surface area (TPSA) is 9.23 Å². The smallest absolute Gasteiger partial charge is 0.429 e. The van der Waals surface area contributed by atoms with Crippen molar-refractivity contribution in [1.29, 1.82) is 0 Å².